The minimum absolute atomic E-state index is 0.243. The molecule has 3 aromatic rings. The Morgan fingerprint density at radius 2 is 2.09 bits per heavy atom. The van der Waals surface area contributed by atoms with Crippen LogP contribution in [0.4, 0.5) is 0 Å². The van der Waals surface area contributed by atoms with Gasteiger partial charge in [0.2, 0.25) is 0 Å². The molecule has 0 aliphatic heterocycles. The van der Waals surface area contributed by atoms with E-state index in [1.807, 2.05) is 12.1 Å². The first-order chi connectivity index (χ1) is 10.6. The van der Waals surface area contributed by atoms with Crippen LogP contribution >= 0.6 is 11.6 Å². The van der Waals surface area contributed by atoms with E-state index in [4.69, 9.17) is 16.0 Å². The van der Waals surface area contributed by atoms with Crippen molar-refractivity contribution < 1.29 is 9.21 Å². The lowest BCUT2D eigenvalue weighted by Gasteiger charge is -2.00. The molecule has 1 N–H and O–H groups in total. The van der Waals surface area contributed by atoms with E-state index in [-0.39, 0.29) is 5.91 Å². The van der Waals surface area contributed by atoms with Gasteiger partial charge in [0.25, 0.3) is 5.91 Å². The molecule has 0 fully saturated rings. The minimum atomic E-state index is -0.243. The van der Waals surface area contributed by atoms with Crippen molar-refractivity contribution in [2.75, 3.05) is 0 Å². The Balaban J connectivity index is 1.76. The highest BCUT2D eigenvalue weighted by atomic mass is 35.5. The molecular weight excluding hydrogens is 302 g/mol. The predicted molar refractivity (Wildman–Crippen MR) is 83.5 cm³/mol. The molecule has 5 nitrogen and oxygen atoms in total. The van der Waals surface area contributed by atoms with Gasteiger partial charge < -0.3 is 9.73 Å². The molecule has 2 heterocycles. The van der Waals surface area contributed by atoms with E-state index >= 15 is 0 Å². The second-order valence-electron chi connectivity index (χ2n) is 4.81. The van der Waals surface area contributed by atoms with E-state index < -0.39 is 0 Å². The second kappa shape index (κ2) is 6.07. The summed E-state index contributed by atoms with van der Waals surface area (Å²) < 4.78 is 6.85. The van der Waals surface area contributed by atoms with Gasteiger partial charge in [0.1, 0.15) is 5.76 Å². The number of benzene rings is 1. The van der Waals surface area contributed by atoms with Gasteiger partial charge in [-0.3, -0.25) is 9.48 Å². The summed E-state index contributed by atoms with van der Waals surface area (Å²) in [6.45, 7) is 0.332. The molecule has 1 amide bonds. The number of furan rings is 1. The number of carbonyl (C=O) groups excluding carboxylic acids is 1. The average Bonchev–Trinajstić information content (AvgIpc) is 3.15. The lowest BCUT2D eigenvalue weighted by atomic mass is 10.1. The molecule has 0 saturated carbocycles. The number of hydrogen-bond donors (Lipinski definition) is 1. The highest BCUT2D eigenvalue weighted by molar-refractivity contribution is 6.30. The number of nitrogens with zero attached hydrogens (tertiary/aromatic N) is 2. The van der Waals surface area contributed by atoms with Crippen molar-refractivity contribution in [3.8, 4) is 11.3 Å². The zero-order chi connectivity index (χ0) is 15.5. The zero-order valence-electron chi connectivity index (χ0n) is 11.9. The maximum absolute atomic E-state index is 12.1. The summed E-state index contributed by atoms with van der Waals surface area (Å²) in [6.07, 6.45) is 1.57. The quantitative estimate of drug-likeness (QED) is 0.804. The Kier molecular flexibility index (Phi) is 3.98. The standard InChI is InChI=1S/C16H14ClN3O2/c1-20-15(11-4-6-12(17)7-5-11)9-14(19-20)16(21)18-10-13-3-2-8-22-13/h2-9H,10H2,1H3,(H,18,21). The molecule has 2 aromatic heterocycles. The Labute approximate surface area is 132 Å². The Morgan fingerprint density at radius 1 is 1.32 bits per heavy atom. The van der Waals surface area contributed by atoms with Crippen molar-refractivity contribution in [2.45, 2.75) is 6.54 Å². The van der Waals surface area contributed by atoms with Crippen LogP contribution in [-0.2, 0) is 13.6 Å². The maximum atomic E-state index is 12.1. The third-order valence-electron chi connectivity index (χ3n) is 3.26. The van der Waals surface area contributed by atoms with Crippen LogP contribution in [0.25, 0.3) is 11.3 Å². The van der Waals surface area contributed by atoms with Gasteiger partial charge in [-0.15, -0.1) is 0 Å². The fourth-order valence-corrected chi connectivity index (χ4v) is 2.27. The predicted octanol–water partition coefficient (Wildman–Crippen LogP) is 3.26. The Bertz CT molecular complexity index is 776. The normalized spacial score (nSPS) is 10.6. The first-order valence-electron chi connectivity index (χ1n) is 6.74. The van der Waals surface area contributed by atoms with E-state index in [1.54, 1.807) is 48.3 Å². The maximum Gasteiger partial charge on any atom is 0.272 e. The topological polar surface area (TPSA) is 60.1 Å². The van der Waals surface area contributed by atoms with Crippen LogP contribution in [0.15, 0.2) is 53.1 Å². The van der Waals surface area contributed by atoms with Crippen molar-refractivity contribution in [3.63, 3.8) is 0 Å². The summed E-state index contributed by atoms with van der Waals surface area (Å²) in [5.41, 5.74) is 2.16. The number of aryl methyl sites for hydroxylation is 1. The van der Waals surface area contributed by atoms with Crippen LogP contribution in [0, 0.1) is 0 Å². The molecule has 0 aliphatic carbocycles. The molecule has 3 rings (SSSR count). The highest BCUT2D eigenvalue weighted by Crippen LogP contribution is 2.22. The van der Waals surface area contributed by atoms with Crippen LogP contribution in [-0.4, -0.2) is 15.7 Å². The molecule has 0 bridgehead atoms. The fourth-order valence-electron chi connectivity index (χ4n) is 2.14. The van der Waals surface area contributed by atoms with Gasteiger partial charge in [-0.2, -0.15) is 5.10 Å². The Morgan fingerprint density at radius 3 is 2.77 bits per heavy atom. The van der Waals surface area contributed by atoms with Crippen LogP contribution in [0.1, 0.15) is 16.2 Å². The molecule has 0 saturated heterocycles. The number of amides is 1. The molecule has 0 spiro atoms. The van der Waals surface area contributed by atoms with Crippen molar-refractivity contribution in [1.82, 2.24) is 15.1 Å². The number of hydrogen-bond acceptors (Lipinski definition) is 3. The van der Waals surface area contributed by atoms with Crippen LogP contribution < -0.4 is 5.32 Å². The summed E-state index contributed by atoms with van der Waals surface area (Å²) in [5, 5.41) is 7.69. The number of halogens is 1. The van der Waals surface area contributed by atoms with E-state index in [9.17, 15) is 4.79 Å². The molecule has 0 aliphatic rings. The lowest BCUT2D eigenvalue weighted by Crippen LogP contribution is -2.23. The number of rotatable bonds is 4. The summed E-state index contributed by atoms with van der Waals surface area (Å²) in [6, 6.07) is 12.7. The third kappa shape index (κ3) is 3.04. The SMILES string of the molecule is Cn1nc(C(=O)NCc2ccco2)cc1-c1ccc(Cl)cc1. The highest BCUT2D eigenvalue weighted by Gasteiger charge is 2.14. The van der Waals surface area contributed by atoms with Gasteiger partial charge in [-0.05, 0) is 35.9 Å². The number of nitrogens with one attached hydrogen (secondary N) is 1. The summed E-state index contributed by atoms with van der Waals surface area (Å²) >= 11 is 5.89. The smallest absolute Gasteiger partial charge is 0.272 e. The molecule has 112 valence electrons. The number of carbonyl (C=O) groups is 1. The van der Waals surface area contributed by atoms with Crippen molar-refractivity contribution in [2.24, 2.45) is 7.05 Å². The third-order valence-corrected chi connectivity index (χ3v) is 3.51. The van der Waals surface area contributed by atoms with Gasteiger partial charge in [0.15, 0.2) is 5.69 Å². The van der Waals surface area contributed by atoms with Gasteiger partial charge >= 0.3 is 0 Å². The van der Waals surface area contributed by atoms with Gasteiger partial charge in [-0.1, -0.05) is 23.7 Å². The van der Waals surface area contributed by atoms with Crippen molar-refractivity contribution >= 4 is 17.5 Å². The monoisotopic (exact) mass is 315 g/mol. The molecular formula is C16H14ClN3O2. The Hall–Kier alpha value is -2.53. The summed E-state index contributed by atoms with van der Waals surface area (Å²) in [5.74, 6) is 0.453. The van der Waals surface area contributed by atoms with E-state index in [1.165, 1.54) is 0 Å². The zero-order valence-corrected chi connectivity index (χ0v) is 12.7. The molecule has 0 unspecified atom stereocenters. The van der Waals surface area contributed by atoms with E-state index in [2.05, 4.69) is 10.4 Å². The van der Waals surface area contributed by atoms with Gasteiger partial charge in [-0.25, -0.2) is 0 Å². The molecule has 0 radical (unpaired) electrons. The lowest BCUT2D eigenvalue weighted by molar-refractivity contribution is 0.0942. The molecule has 1 aromatic carbocycles. The first-order valence-corrected chi connectivity index (χ1v) is 7.12. The largest absolute Gasteiger partial charge is 0.467 e. The minimum Gasteiger partial charge on any atom is -0.467 e. The summed E-state index contributed by atoms with van der Waals surface area (Å²) in [4.78, 5) is 12.1. The van der Waals surface area contributed by atoms with Gasteiger partial charge in [0.05, 0.1) is 18.5 Å². The fraction of sp³-hybridized carbons (Fsp3) is 0.125. The van der Waals surface area contributed by atoms with Crippen LogP contribution in [0.3, 0.4) is 0 Å². The average molecular weight is 316 g/mol. The van der Waals surface area contributed by atoms with Crippen molar-refractivity contribution in [1.29, 1.82) is 0 Å². The number of aromatic nitrogens is 2. The first kappa shape index (κ1) is 14.4. The molecule has 0 atom stereocenters. The van der Waals surface area contributed by atoms with Crippen LogP contribution in [0.2, 0.25) is 5.02 Å². The van der Waals surface area contributed by atoms with E-state index in [0.29, 0.717) is 23.0 Å². The molecule has 22 heavy (non-hydrogen) atoms. The second-order valence-corrected chi connectivity index (χ2v) is 5.24. The molecule has 6 heteroatoms. The van der Waals surface area contributed by atoms with Gasteiger partial charge in [0, 0.05) is 12.1 Å². The van der Waals surface area contributed by atoms with Crippen molar-refractivity contribution in [3.05, 3.63) is 65.2 Å². The summed E-state index contributed by atoms with van der Waals surface area (Å²) in [7, 11) is 1.80. The van der Waals surface area contributed by atoms with E-state index in [0.717, 1.165) is 11.3 Å². The van der Waals surface area contributed by atoms with Crippen LogP contribution in [0.5, 0.6) is 0 Å².